The molecule has 0 radical (unpaired) electrons. The number of anilines is 1. The SMILES string of the molecule is COc1cc(C(=O)N(CCn2cccn2)c2nc3c(C)cc(C)cc3s2)cc(OC)c1OC. The molecule has 0 N–H and O–H groups in total. The van der Waals surface area contributed by atoms with E-state index in [4.69, 9.17) is 19.2 Å². The molecule has 0 spiro atoms. The molecule has 0 saturated heterocycles. The van der Waals surface area contributed by atoms with Crippen LogP contribution in [0, 0.1) is 13.8 Å². The van der Waals surface area contributed by atoms with E-state index in [-0.39, 0.29) is 5.91 Å². The Kier molecular flexibility index (Phi) is 6.50. The van der Waals surface area contributed by atoms with Crippen molar-refractivity contribution < 1.29 is 19.0 Å². The summed E-state index contributed by atoms with van der Waals surface area (Å²) >= 11 is 1.50. The van der Waals surface area contributed by atoms with Crippen LogP contribution in [0.5, 0.6) is 17.2 Å². The van der Waals surface area contributed by atoms with Crippen molar-refractivity contribution in [1.82, 2.24) is 14.8 Å². The van der Waals surface area contributed by atoms with E-state index in [0.29, 0.717) is 41.0 Å². The summed E-state index contributed by atoms with van der Waals surface area (Å²) in [5, 5.41) is 4.89. The Hall–Kier alpha value is -3.59. The Morgan fingerprint density at radius 2 is 1.79 bits per heavy atom. The number of hydrogen-bond donors (Lipinski definition) is 0. The Bertz CT molecular complexity index is 1260. The summed E-state index contributed by atoms with van der Waals surface area (Å²) in [7, 11) is 4.59. The van der Waals surface area contributed by atoms with E-state index in [0.717, 1.165) is 21.3 Å². The fraction of sp³-hybridized carbons (Fsp3) is 0.292. The highest BCUT2D eigenvalue weighted by molar-refractivity contribution is 7.22. The van der Waals surface area contributed by atoms with Gasteiger partial charge < -0.3 is 14.2 Å². The number of carbonyl (C=O) groups excluding carboxylic acids is 1. The van der Waals surface area contributed by atoms with Crippen LogP contribution in [0.2, 0.25) is 0 Å². The van der Waals surface area contributed by atoms with Crippen molar-refractivity contribution in [3.8, 4) is 17.2 Å². The molecule has 4 aromatic rings. The van der Waals surface area contributed by atoms with E-state index >= 15 is 0 Å². The monoisotopic (exact) mass is 466 g/mol. The number of hydrogen-bond acceptors (Lipinski definition) is 7. The van der Waals surface area contributed by atoms with Gasteiger partial charge in [-0.2, -0.15) is 5.10 Å². The molecule has 2 aromatic carbocycles. The summed E-state index contributed by atoms with van der Waals surface area (Å²) in [5.74, 6) is 1.06. The smallest absolute Gasteiger partial charge is 0.260 e. The van der Waals surface area contributed by atoms with Crippen LogP contribution in [0.25, 0.3) is 10.2 Å². The van der Waals surface area contributed by atoms with Gasteiger partial charge in [-0.15, -0.1) is 0 Å². The number of fused-ring (bicyclic) bond motifs is 1. The number of thiazole rings is 1. The second-order valence-electron chi connectivity index (χ2n) is 7.56. The maximum atomic E-state index is 13.8. The zero-order valence-corrected chi connectivity index (χ0v) is 20.1. The summed E-state index contributed by atoms with van der Waals surface area (Å²) in [6, 6.07) is 9.37. The highest BCUT2D eigenvalue weighted by Gasteiger charge is 2.25. The zero-order valence-electron chi connectivity index (χ0n) is 19.3. The molecule has 172 valence electrons. The number of methoxy groups -OCH3 is 3. The van der Waals surface area contributed by atoms with E-state index in [9.17, 15) is 4.79 Å². The molecule has 0 saturated carbocycles. The third kappa shape index (κ3) is 4.49. The van der Waals surface area contributed by atoms with Crippen molar-refractivity contribution in [1.29, 1.82) is 0 Å². The highest BCUT2D eigenvalue weighted by atomic mass is 32.1. The van der Waals surface area contributed by atoms with Crippen LogP contribution in [-0.4, -0.2) is 48.5 Å². The molecule has 0 aliphatic rings. The standard InChI is InChI=1S/C24H26N4O4S/c1-15-11-16(2)21-20(12-15)33-24(26-21)28(10-9-27-8-6-7-25-27)23(29)17-13-18(30-3)22(32-5)19(14-17)31-4/h6-8,11-14H,9-10H2,1-5H3. The van der Waals surface area contributed by atoms with Crippen molar-refractivity contribution in [3.63, 3.8) is 0 Å². The summed E-state index contributed by atoms with van der Waals surface area (Å²) in [4.78, 5) is 20.3. The molecular weight excluding hydrogens is 440 g/mol. The quantitative estimate of drug-likeness (QED) is 0.381. The average molecular weight is 467 g/mol. The van der Waals surface area contributed by atoms with Crippen molar-refractivity contribution in [2.75, 3.05) is 32.8 Å². The van der Waals surface area contributed by atoms with Gasteiger partial charge in [0.15, 0.2) is 16.6 Å². The molecule has 0 aliphatic carbocycles. The maximum Gasteiger partial charge on any atom is 0.260 e. The van der Waals surface area contributed by atoms with Crippen LogP contribution >= 0.6 is 11.3 Å². The van der Waals surface area contributed by atoms with Gasteiger partial charge in [-0.25, -0.2) is 4.98 Å². The first-order valence-electron chi connectivity index (χ1n) is 10.4. The molecule has 0 fully saturated rings. The van der Waals surface area contributed by atoms with Gasteiger partial charge in [0, 0.05) is 24.5 Å². The van der Waals surface area contributed by atoms with Crippen molar-refractivity contribution in [2.24, 2.45) is 0 Å². The molecule has 9 heteroatoms. The van der Waals surface area contributed by atoms with Crippen LogP contribution in [0.4, 0.5) is 5.13 Å². The fourth-order valence-electron chi connectivity index (χ4n) is 3.75. The Labute approximate surface area is 196 Å². The van der Waals surface area contributed by atoms with Crippen molar-refractivity contribution in [2.45, 2.75) is 20.4 Å². The summed E-state index contributed by atoms with van der Waals surface area (Å²) < 4.78 is 19.1. The van der Waals surface area contributed by atoms with E-state index in [1.54, 1.807) is 27.9 Å². The molecule has 0 bridgehead atoms. The van der Waals surface area contributed by atoms with Gasteiger partial charge in [0.05, 0.1) is 38.1 Å². The summed E-state index contributed by atoms with van der Waals surface area (Å²) in [6.45, 7) is 5.02. The molecule has 0 aliphatic heterocycles. The Morgan fingerprint density at radius 1 is 1.06 bits per heavy atom. The largest absolute Gasteiger partial charge is 0.493 e. The lowest BCUT2D eigenvalue weighted by atomic mass is 10.1. The van der Waals surface area contributed by atoms with Crippen LogP contribution in [0.15, 0.2) is 42.7 Å². The number of amides is 1. The lowest BCUT2D eigenvalue weighted by molar-refractivity contribution is 0.0985. The van der Waals surface area contributed by atoms with Gasteiger partial charge in [-0.05, 0) is 49.2 Å². The van der Waals surface area contributed by atoms with Crippen molar-refractivity contribution >= 4 is 32.6 Å². The number of ether oxygens (including phenoxy) is 3. The second kappa shape index (κ2) is 9.50. The molecule has 8 nitrogen and oxygen atoms in total. The average Bonchev–Trinajstić information content (AvgIpc) is 3.48. The first kappa shape index (κ1) is 22.6. The minimum absolute atomic E-state index is 0.213. The normalized spacial score (nSPS) is 10.9. The minimum atomic E-state index is -0.213. The number of rotatable bonds is 8. The maximum absolute atomic E-state index is 13.8. The first-order chi connectivity index (χ1) is 15.9. The lowest BCUT2D eigenvalue weighted by Gasteiger charge is -2.21. The molecule has 0 atom stereocenters. The number of carbonyl (C=O) groups is 1. The zero-order chi connectivity index (χ0) is 23.5. The van der Waals surface area contributed by atoms with Crippen LogP contribution in [-0.2, 0) is 6.54 Å². The van der Waals surface area contributed by atoms with Gasteiger partial charge in [-0.1, -0.05) is 17.4 Å². The molecular formula is C24H26N4O4S. The Balaban J connectivity index is 1.78. The second-order valence-corrected chi connectivity index (χ2v) is 8.57. The van der Waals surface area contributed by atoms with E-state index in [2.05, 4.69) is 24.2 Å². The number of benzene rings is 2. The lowest BCUT2D eigenvalue weighted by Crippen LogP contribution is -2.34. The Morgan fingerprint density at radius 3 is 2.39 bits per heavy atom. The molecule has 4 rings (SSSR count). The van der Waals surface area contributed by atoms with Crippen molar-refractivity contribution in [3.05, 3.63) is 59.4 Å². The van der Waals surface area contributed by atoms with Crippen LogP contribution < -0.4 is 19.1 Å². The fourth-order valence-corrected chi connectivity index (χ4v) is 4.92. The van der Waals surface area contributed by atoms with Gasteiger partial charge in [0.1, 0.15) is 0 Å². The third-order valence-electron chi connectivity index (χ3n) is 5.32. The highest BCUT2D eigenvalue weighted by Crippen LogP contribution is 2.39. The topological polar surface area (TPSA) is 78.7 Å². The molecule has 2 aromatic heterocycles. The predicted octanol–water partition coefficient (Wildman–Crippen LogP) is 4.48. The molecule has 2 heterocycles. The summed E-state index contributed by atoms with van der Waals surface area (Å²) in [5.41, 5.74) is 3.56. The van der Waals surface area contributed by atoms with Crippen LogP contribution in [0.1, 0.15) is 21.5 Å². The van der Waals surface area contributed by atoms with Crippen LogP contribution in [0.3, 0.4) is 0 Å². The third-order valence-corrected chi connectivity index (χ3v) is 6.34. The van der Waals surface area contributed by atoms with Gasteiger partial charge in [0.25, 0.3) is 5.91 Å². The summed E-state index contributed by atoms with van der Waals surface area (Å²) in [6.07, 6.45) is 3.59. The van der Waals surface area contributed by atoms with E-state index in [1.165, 1.54) is 32.7 Å². The van der Waals surface area contributed by atoms with E-state index < -0.39 is 0 Å². The predicted molar refractivity (Wildman–Crippen MR) is 129 cm³/mol. The number of nitrogens with zero attached hydrogens (tertiary/aromatic N) is 4. The van der Waals surface area contributed by atoms with Gasteiger partial charge in [0.2, 0.25) is 5.75 Å². The van der Waals surface area contributed by atoms with Gasteiger partial charge >= 0.3 is 0 Å². The van der Waals surface area contributed by atoms with Gasteiger partial charge in [-0.3, -0.25) is 14.4 Å². The number of aryl methyl sites for hydroxylation is 2. The number of aromatic nitrogens is 3. The molecule has 33 heavy (non-hydrogen) atoms. The van der Waals surface area contributed by atoms with E-state index in [1.807, 2.05) is 19.2 Å². The molecule has 1 amide bonds. The first-order valence-corrected chi connectivity index (χ1v) is 11.2. The molecule has 0 unspecified atom stereocenters. The minimum Gasteiger partial charge on any atom is -0.493 e.